The molecule has 5 aliphatic heterocycles. The first-order valence-electron chi connectivity index (χ1n) is 30.0. The van der Waals surface area contributed by atoms with Gasteiger partial charge in [-0.05, 0) is 233 Å². The number of phenols is 1. The summed E-state index contributed by atoms with van der Waals surface area (Å²) < 4.78 is 13.5. The number of benzene rings is 4. The number of hydrogen-bond donors (Lipinski definition) is 7. The monoisotopic (exact) mass is 1070 g/mol. The van der Waals surface area contributed by atoms with Crippen molar-refractivity contribution in [3.63, 3.8) is 0 Å². The third kappa shape index (κ3) is 10.1. The molecule has 10 aliphatic rings. The Morgan fingerprint density at radius 1 is 0.861 bits per heavy atom. The van der Waals surface area contributed by atoms with E-state index in [-0.39, 0.29) is 71.5 Å². The van der Waals surface area contributed by atoms with Crippen LogP contribution in [-0.4, -0.2) is 72.8 Å². The summed E-state index contributed by atoms with van der Waals surface area (Å²) in [6.07, 6.45) is 16.0. The lowest BCUT2D eigenvalue weighted by Gasteiger charge is -2.56. The molecule has 2 saturated carbocycles. The van der Waals surface area contributed by atoms with E-state index in [1.54, 1.807) is 6.07 Å². The van der Waals surface area contributed by atoms with E-state index in [0.717, 1.165) is 129 Å². The molecule has 4 fully saturated rings. The Balaban J connectivity index is 1.04. The molecule has 12 atom stereocenters. The standard InChI is InChI=1S/C68H82N4O7/c1-4-42(31-43-11-6-5-7-12-43)34-58-68-27-22-52-53-20-21-54-57(78-65(76)61(54)62(53)68)23-26-67(49-25-29-71-59(35-49)69-3)37-48(17-10-30-73)56(38-67)64(72-39-41(2)74)47-16-8-13-44(32-47)24-28-70-40-45-14-9-15-46(33-45)51-19-18-50(75)36-55(51)60(52)63(68)66(77)79-58/h5-9,11-16,18-19,23,32-34,36,41-42,48-49,52-53,56,59,62,64,69-75H,4,10,17,20-22,24-31,35,37-40H2,1-3H3/b57-23?,58-34-/t41-,42-,48+,49+,52+,53-,56-,59-,62+,64+,67+,68+/m0/s1. The molecule has 0 amide bonds. The maximum Gasteiger partial charge on any atom is 0.340 e. The summed E-state index contributed by atoms with van der Waals surface area (Å²) >= 11 is 0. The molecule has 5 heterocycles. The number of aliphatic hydroxyl groups is 2. The molecule has 5 aliphatic carbocycles. The fourth-order valence-corrected chi connectivity index (χ4v) is 16.9. The van der Waals surface area contributed by atoms with Gasteiger partial charge in [0.15, 0.2) is 0 Å². The van der Waals surface area contributed by atoms with Crippen LogP contribution in [0.25, 0.3) is 16.7 Å². The molecule has 14 bridgehead atoms. The van der Waals surface area contributed by atoms with Gasteiger partial charge in [-0.1, -0.05) is 85.8 Å². The van der Waals surface area contributed by atoms with Crippen molar-refractivity contribution in [3.8, 4) is 16.9 Å². The highest BCUT2D eigenvalue weighted by atomic mass is 16.6. The largest absolute Gasteiger partial charge is 0.508 e. The number of rotatable bonds is 12. The summed E-state index contributed by atoms with van der Waals surface area (Å²) in [6, 6.07) is 33.8. The number of piperidine rings is 1. The summed E-state index contributed by atoms with van der Waals surface area (Å²) in [6.45, 7) is 7.00. The fourth-order valence-electron chi connectivity index (χ4n) is 16.9. The third-order valence-corrected chi connectivity index (χ3v) is 20.4. The Morgan fingerprint density at radius 2 is 1.71 bits per heavy atom. The second-order valence-corrected chi connectivity index (χ2v) is 24.8. The second-order valence-electron chi connectivity index (χ2n) is 24.8. The molecule has 4 aromatic rings. The highest BCUT2D eigenvalue weighted by Crippen LogP contribution is 2.72. The second kappa shape index (κ2) is 22.7. The minimum atomic E-state index is -0.909. The molecule has 1 spiro atoms. The number of carbonyl (C=O) groups is 2. The molecule has 0 aromatic heterocycles. The Labute approximate surface area is 467 Å². The van der Waals surface area contributed by atoms with Crippen LogP contribution in [0.4, 0.5) is 0 Å². The number of ether oxygens (including phenoxy) is 2. The minimum absolute atomic E-state index is 0.0230. The lowest BCUT2D eigenvalue weighted by Crippen LogP contribution is -2.52. The summed E-state index contributed by atoms with van der Waals surface area (Å²) in [5, 5.41) is 47.7. The van der Waals surface area contributed by atoms with Crippen molar-refractivity contribution in [1.82, 2.24) is 21.3 Å². The van der Waals surface area contributed by atoms with Crippen molar-refractivity contribution in [2.24, 2.45) is 52.3 Å². The quantitative estimate of drug-likeness (QED) is 0.0677. The van der Waals surface area contributed by atoms with Gasteiger partial charge in [-0.2, -0.15) is 0 Å². The van der Waals surface area contributed by atoms with Crippen LogP contribution < -0.4 is 21.3 Å². The zero-order valence-corrected chi connectivity index (χ0v) is 46.6. The van der Waals surface area contributed by atoms with E-state index in [9.17, 15) is 15.3 Å². The zero-order valence-electron chi connectivity index (χ0n) is 46.6. The Kier molecular flexibility index (Phi) is 15.5. The lowest BCUT2D eigenvalue weighted by molar-refractivity contribution is -0.135. The maximum absolute atomic E-state index is 15.3. The van der Waals surface area contributed by atoms with Crippen molar-refractivity contribution in [3.05, 3.63) is 165 Å². The summed E-state index contributed by atoms with van der Waals surface area (Å²) in [4.78, 5) is 30.6. The number of carbonyl (C=O) groups excluding carboxylic acids is 2. The van der Waals surface area contributed by atoms with Crippen LogP contribution in [0.15, 0.2) is 137 Å². The molecule has 14 rings (SSSR count). The van der Waals surface area contributed by atoms with E-state index >= 15 is 9.59 Å². The number of nitrogens with one attached hydrogen (secondary N) is 4. The summed E-state index contributed by atoms with van der Waals surface area (Å²) in [7, 11) is 2.04. The highest BCUT2D eigenvalue weighted by molar-refractivity contribution is 6.07. The molecule has 4 aromatic carbocycles. The number of aromatic hydroxyl groups is 1. The first-order chi connectivity index (χ1) is 38.5. The van der Waals surface area contributed by atoms with Crippen LogP contribution in [0.1, 0.15) is 125 Å². The zero-order chi connectivity index (χ0) is 54.4. The van der Waals surface area contributed by atoms with Crippen molar-refractivity contribution in [2.75, 3.05) is 33.3 Å². The normalized spacial score (nSPS) is 31.6. The fraction of sp³-hybridized carbons (Fsp3) is 0.500. The van der Waals surface area contributed by atoms with Gasteiger partial charge in [-0.15, -0.1) is 0 Å². The number of hydrogen-bond acceptors (Lipinski definition) is 11. The van der Waals surface area contributed by atoms with E-state index in [0.29, 0.717) is 54.9 Å². The average Bonchev–Trinajstić information content (AvgIpc) is 2.51. The van der Waals surface area contributed by atoms with Gasteiger partial charge in [0.1, 0.15) is 17.3 Å². The van der Waals surface area contributed by atoms with Crippen LogP contribution in [0.2, 0.25) is 0 Å². The molecule has 0 unspecified atom stereocenters. The van der Waals surface area contributed by atoms with E-state index in [2.05, 4.69) is 113 Å². The van der Waals surface area contributed by atoms with Crippen molar-refractivity contribution in [1.29, 1.82) is 0 Å². The van der Waals surface area contributed by atoms with Gasteiger partial charge in [0.25, 0.3) is 0 Å². The van der Waals surface area contributed by atoms with Gasteiger partial charge in [0.2, 0.25) is 0 Å². The van der Waals surface area contributed by atoms with Crippen LogP contribution in [0.3, 0.4) is 0 Å². The third-order valence-electron chi connectivity index (χ3n) is 20.4. The number of fused-ring (bicyclic) bond motifs is 5. The van der Waals surface area contributed by atoms with Crippen LogP contribution in [-0.2, 0) is 38.4 Å². The van der Waals surface area contributed by atoms with Gasteiger partial charge >= 0.3 is 11.9 Å². The smallest absolute Gasteiger partial charge is 0.340 e. The first-order valence-corrected chi connectivity index (χ1v) is 30.0. The molecule has 11 heteroatoms. The van der Waals surface area contributed by atoms with Gasteiger partial charge in [-0.25, -0.2) is 9.59 Å². The van der Waals surface area contributed by atoms with E-state index in [1.165, 1.54) is 16.7 Å². The number of aliphatic hydroxyl groups excluding tert-OH is 2. The van der Waals surface area contributed by atoms with Crippen molar-refractivity contribution >= 4 is 17.5 Å². The molecule has 11 nitrogen and oxygen atoms in total. The molecule has 2 saturated heterocycles. The molecule has 0 radical (unpaired) electrons. The first kappa shape index (κ1) is 54.0. The van der Waals surface area contributed by atoms with Crippen LogP contribution >= 0.6 is 0 Å². The molecule has 79 heavy (non-hydrogen) atoms. The molecular formula is C68H82N4O7. The highest BCUT2D eigenvalue weighted by Gasteiger charge is 2.69. The van der Waals surface area contributed by atoms with E-state index in [1.807, 2.05) is 32.2 Å². The van der Waals surface area contributed by atoms with Gasteiger partial charge in [0, 0.05) is 42.8 Å². The maximum atomic E-state index is 15.3. The number of esters is 2. The van der Waals surface area contributed by atoms with Gasteiger partial charge in [0.05, 0.1) is 23.3 Å². The lowest BCUT2D eigenvalue weighted by atomic mass is 9.44. The minimum Gasteiger partial charge on any atom is -0.508 e. The predicted molar refractivity (Wildman–Crippen MR) is 309 cm³/mol. The number of phenolic OH excluding ortho intramolecular Hbond substituents is 1. The Hall–Kier alpha value is -5.66. The van der Waals surface area contributed by atoms with Gasteiger partial charge < -0.3 is 46.1 Å². The Bertz CT molecular complexity index is 3070. The number of allylic oxidation sites excluding steroid dienone is 5. The summed E-state index contributed by atoms with van der Waals surface area (Å²) in [5.41, 5.74) is 9.95. The van der Waals surface area contributed by atoms with Crippen LogP contribution in [0, 0.1) is 52.3 Å². The van der Waals surface area contributed by atoms with E-state index < -0.39 is 11.5 Å². The topological polar surface area (TPSA) is 161 Å². The SMILES string of the molecule is CC[C@H](/C=C1\OC(=O)C2=C3c4cc(O)ccc4-c4cccc(c4)CNCCc4cccc(c4)[C@@H](NC[C@H](C)O)[C@H]4C[C@@]([C@@H]5CCN[C@H](NC)C5)(CC=C5OC(=O)C6=C5CC[C@H]5[C@H]3CC[C@@]21[C@@H]65)C[C@H]4CCCO)Cc1ccccc1. The predicted octanol–water partition coefficient (Wildman–Crippen LogP) is 10.8. The van der Waals surface area contributed by atoms with Crippen LogP contribution in [0.5, 0.6) is 5.75 Å². The molecular weight excluding hydrogens is 985 g/mol. The van der Waals surface area contributed by atoms with E-state index in [4.69, 9.17) is 9.47 Å². The average molecular weight is 1070 g/mol. The van der Waals surface area contributed by atoms with Crippen molar-refractivity contribution < 1.29 is 34.4 Å². The number of cyclic esters (lactones) is 1. The van der Waals surface area contributed by atoms with Gasteiger partial charge in [-0.3, -0.25) is 0 Å². The molecule has 7 N–H and O–H groups in total. The Morgan fingerprint density at radius 3 is 2.53 bits per heavy atom. The summed E-state index contributed by atoms with van der Waals surface area (Å²) in [5.74, 6) is 1.49. The molecule has 416 valence electrons. The van der Waals surface area contributed by atoms with Crippen molar-refractivity contribution in [2.45, 2.75) is 129 Å².